The molecule has 0 aromatic heterocycles. The molecule has 0 heterocycles. The predicted octanol–water partition coefficient (Wildman–Crippen LogP) is 3.97. The first kappa shape index (κ1) is 13.6. The molecule has 0 spiro atoms. The number of carbonyl (C=O) groups is 1. The van der Waals surface area contributed by atoms with Crippen molar-refractivity contribution < 1.29 is 9.18 Å². The summed E-state index contributed by atoms with van der Waals surface area (Å²) in [6, 6.07) is 13.3. The normalized spacial score (nSPS) is 11.9. The molecule has 0 saturated carbocycles. The summed E-state index contributed by atoms with van der Waals surface area (Å²) < 4.78 is 13.6. The van der Waals surface area contributed by atoms with Gasteiger partial charge in [0, 0.05) is 5.02 Å². The summed E-state index contributed by atoms with van der Waals surface area (Å²) in [4.78, 5) is 12.0. The van der Waals surface area contributed by atoms with E-state index in [-0.39, 0.29) is 16.6 Å². The van der Waals surface area contributed by atoms with Crippen LogP contribution in [0.15, 0.2) is 48.5 Å². The molecule has 2 rings (SSSR count). The van der Waals surface area contributed by atoms with E-state index in [1.54, 1.807) is 0 Å². The molecule has 98 valence electrons. The Morgan fingerprint density at radius 2 is 1.89 bits per heavy atom. The molecule has 0 aliphatic rings. The summed E-state index contributed by atoms with van der Waals surface area (Å²) in [7, 11) is 0. The van der Waals surface area contributed by atoms with Gasteiger partial charge in [0.1, 0.15) is 5.82 Å². The van der Waals surface area contributed by atoms with Crippen molar-refractivity contribution in [3.8, 4) is 0 Å². The van der Waals surface area contributed by atoms with E-state index < -0.39 is 11.7 Å². The van der Waals surface area contributed by atoms with Gasteiger partial charge in [-0.25, -0.2) is 4.39 Å². The third-order valence-electron chi connectivity index (χ3n) is 2.82. The summed E-state index contributed by atoms with van der Waals surface area (Å²) in [6.45, 7) is 1.85. The van der Waals surface area contributed by atoms with E-state index in [0.29, 0.717) is 0 Å². The number of rotatable bonds is 3. The Labute approximate surface area is 116 Å². The smallest absolute Gasteiger partial charge is 0.254 e. The fourth-order valence-electron chi connectivity index (χ4n) is 1.77. The first-order chi connectivity index (χ1) is 9.08. The fraction of sp³-hybridized carbons (Fsp3) is 0.133. The molecule has 0 saturated heterocycles. The average molecular weight is 278 g/mol. The number of hydrogen-bond acceptors (Lipinski definition) is 1. The minimum atomic E-state index is -0.620. The zero-order chi connectivity index (χ0) is 13.8. The van der Waals surface area contributed by atoms with E-state index in [4.69, 9.17) is 11.6 Å². The van der Waals surface area contributed by atoms with Crippen LogP contribution >= 0.6 is 11.6 Å². The van der Waals surface area contributed by atoms with Gasteiger partial charge in [-0.15, -0.1) is 0 Å². The minimum Gasteiger partial charge on any atom is -0.345 e. The second-order valence-corrected chi connectivity index (χ2v) is 4.67. The van der Waals surface area contributed by atoms with Crippen molar-refractivity contribution in [1.82, 2.24) is 5.32 Å². The fourth-order valence-corrected chi connectivity index (χ4v) is 1.93. The number of amides is 1. The van der Waals surface area contributed by atoms with Crippen molar-refractivity contribution in [3.05, 3.63) is 70.5 Å². The van der Waals surface area contributed by atoms with Crippen LogP contribution in [0.5, 0.6) is 0 Å². The van der Waals surface area contributed by atoms with Gasteiger partial charge in [0.25, 0.3) is 5.91 Å². The summed E-state index contributed by atoms with van der Waals surface area (Å²) >= 11 is 5.65. The molecule has 0 aliphatic heterocycles. The van der Waals surface area contributed by atoms with Crippen molar-refractivity contribution >= 4 is 17.5 Å². The van der Waals surface area contributed by atoms with Crippen LogP contribution in [0, 0.1) is 5.82 Å². The molecule has 0 bridgehead atoms. The zero-order valence-electron chi connectivity index (χ0n) is 10.4. The van der Waals surface area contributed by atoms with Gasteiger partial charge in [-0.3, -0.25) is 4.79 Å². The van der Waals surface area contributed by atoms with Gasteiger partial charge in [0.15, 0.2) is 0 Å². The molecule has 4 heteroatoms. The topological polar surface area (TPSA) is 29.1 Å². The van der Waals surface area contributed by atoms with Gasteiger partial charge in [-0.2, -0.15) is 0 Å². The number of benzene rings is 2. The van der Waals surface area contributed by atoms with E-state index in [9.17, 15) is 9.18 Å². The predicted molar refractivity (Wildman–Crippen MR) is 73.7 cm³/mol. The van der Waals surface area contributed by atoms with Crippen molar-refractivity contribution in [2.45, 2.75) is 13.0 Å². The van der Waals surface area contributed by atoms with E-state index in [2.05, 4.69) is 5.32 Å². The third kappa shape index (κ3) is 3.32. The highest BCUT2D eigenvalue weighted by molar-refractivity contribution is 6.30. The highest BCUT2D eigenvalue weighted by Gasteiger charge is 2.15. The highest BCUT2D eigenvalue weighted by Crippen LogP contribution is 2.17. The van der Waals surface area contributed by atoms with Gasteiger partial charge in [0.2, 0.25) is 0 Å². The molecule has 1 atom stereocenters. The molecule has 2 nitrogen and oxygen atoms in total. The maximum Gasteiger partial charge on any atom is 0.254 e. The highest BCUT2D eigenvalue weighted by atomic mass is 35.5. The monoisotopic (exact) mass is 277 g/mol. The SMILES string of the molecule is CC(NC(=O)c1ccc(Cl)cc1F)c1ccccc1. The first-order valence-corrected chi connectivity index (χ1v) is 6.26. The average Bonchev–Trinajstić information content (AvgIpc) is 2.39. The maximum atomic E-state index is 13.6. The Kier molecular flexibility index (Phi) is 4.17. The number of nitrogens with one attached hydrogen (secondary N) is 1. The molecule has 1 N–H and O–H groups in total. The van der Waals surface area contributed by atoms with Crippen LogP contribution in [0.1, 0.15) is 28.9 Å². The van der Waals surface area contributed by atoms with Gasteiger partial charge >= 0.3 is 0 Å². The number of halogens is 2. The third-order valence-corrected chi connectivity index (χ3v) is 3.06. The van der Waals surface area contributed by atoms with E-state index in [1.165, 1.54) is 12.1 Å². The van der Waals surface area contributed by atoms with Gasteiger partial charge in [-0.05, 0) is 30.7 Å². The van der Waals surface area contributed by atoms with Crippen LogP contribution in [-0.4, -0.2) is 5.91 Å². The Morgan fingerprint density at radius 1 is 1.21 bits per heavy atom. The van der Waals surface area contributed by atoms with Gasteiger partial charge in [-0.1, -0.05) is 41.9 Å². The lowest BCUT2D eigenvalue weighted by molar-refractivity contribution is 0.0936. The summed E-state index contributed by atoms with van der Waals surface area (Å²) in [5.74, 6) is -1.07. The maximum absolute atomic E-state index is 13.6. The lowest BCUT2D eigenvalue weighted by Gasteiger charge is -2.14. The van der Waals surface area contributed by atoms with Crippen molar-refractivity contribution in [2.75, 3.05) is 0 Å². The van der Waals surface area contributed by atoms with E-state index in [1.807, 2.05) is 37.3 Å². The molecule has 0 radical (unpaired) electrons. The molecular formula is C15H13ClFNO. The van der Waals surface area contributed by atoms with Crippen LogP contribution in [0.3, 0.4) is 0 Å². The molecule has 0 fully saturated rings. The number of hydrogen-bond donors (Lipinski definition) is 1. The quantitative estimate of drug-likeness (QED) is 0.904. The Bertz CT molecular complexity index is 586. The van der Waals surface area contributed by atoms with Crippen molar-refractivity contribution in [1.29, 1.82) is 0 Å². The summed E-state index contributed by atoms with van der Waals surface area (Å²) in [6.07, 6.45) is 0. The second kappa shape index (κ2) is 5.85. The summed E-state index contributed by atoms with van der Waals surface area (Å²) in [5, 5.41) is 3.02. The molecule has 19 heavy (non-hydrogen) atoms. The minimum absolute atomic E-state index is 0.00724. The van der Waals surface area contributed by atoms with Crippen LogP contribution in [0.4, 0.5) is 4.39 Å². The Balaban J connectivity index is 2.13. The molecule has 1 unspecified atom stereocenters. The van der Waals surface area contributed by atoms with Gasteiger partial charge < -0.3 is 5.32 Å². The molecular weight excluding hydrogens is 265 g/mol. The van der Waals surface area contributed by atoms with E-state index in [0.717, 1.165) is 11.6 Å². The van der Waals surface area contributed by atoms with Gasteiger partial charge in [0.05, 0.1) is 11.6 Å². The van der Waals surface area contributed by atoms with Crippen LogP contribution in [0.2, 0.25) is 5.02 Å². The van der Waals surface area contributed by atoms with E-state index >= 15 is 0 Å². The molecule has 1 amide bonds. The molecule has 0 aliphatic carbocycles. The number of carbonyl (C=O) groups excluding carboxylic acids is 1. The Morgan fingerprint density at radius 3 is 2.53 bits per heavy atom. The van der Waals surface area contributed by atoms with Crippen molar-refractivity contribution in [3.63, 3.8) is 0 Å². The molecule has 2 aromatic carbocycles. The first-order valence-electron chi connectivity index (χ1n) is 5.89. The second-order valence-electron chi connectivity index (χ2n) is 4.23. The summed E-state index contributed by atoms with van der Waals surface area (Å²) in [5.41, 5.74) is 0.956. The zero-order valence-corrected chi connectivity index (χ0v) is 11.1. The Hall–Kier alpha value is -1.87. The van der Waals surface area contributed by atoms with Crippen LogP contribution in [0.25, 0.3) is 0 Å². The largest absolute Gasteiger partial charge is 0.345 e. The lowest BCUT2D eigenvalue weighted by Crippen LogP contribution is -2.27. The van der Waals surface area contributed by atoms with Crippen LogP contribution in [-0.2, 0) is 0 Å². The lowest BCUT2D eigenvalue weighted by atomic mass is 10.1. The standard InChI is InChI=1S/C15H13ClFNO/c1-10(11-5-3-2-4-6-11)18-15(19)13-8-7-12(16)9-14(13)17/h2-10H,1H3,(H,18,19). The van der Waals surface area contributed by atoms with Crippen molar-refractivity contribution in [2.24, 2.45) is 0 Å². The molecule has 2 aromatic rings. The van der Waals surface area contributed by atoms with Crippen LogP contribution < -0.4 is 5.32 Å².